The third kappa shape index (κ3) is 4.37. The maximum Gasteiger partial charge on any atom is 0.275 e. The molecule has 1 aromatic heterocycles. The molecule has 0 saturated heterocycles. The van der Waals surface area contributed by atoms with Gasteiger partial charge in [0.1, 0.15) is 17.3 Å². The maximum atomic E-state index is 12.5. The van der Waals surface area contributed by atoms with Gasteiger partial charge in [0.15, 0.2) is 0 Å². The minimum Gasteiger partial charge on any atom is -0.495 e. The Hall–Kier alpha value is -3.63. The standard InChI is InChI=1S/C20H16ClN5O2/c1-12-7-16(18(28-2)8-15(12)21)26-20(27)17-10-24-19(11-23-17)25-14-5-3-13(9-22)4-6-14/h3-8,10-11H,1-2H3,(H,24,25)(H,26,27). The van der Waals surface area contributed by atoms with Gasteiger partial charge < -0.3 is 15.4 Å². The molecule has 0 spiro atoms. The molecule has 0 atom stereocenters. The smallest absolute Gasteiger partial charge is 0.275 e. The summed E-state index contributed by atoms with van der Waals surface area (Å²) in [4.78, 5) is 20.8. The molecule has 3 aromatic rings. The van der Waals surface area contributed by atoms with E-state index in [0.29, 0.717) is 27.8 Å². The predicted octanol–water partition coefficient (Wildman–Crippen LogP) is 4.31. The Morgan fingerprint density at radius 3 is 2.54 bits per heavy atom. The van der Waals surface area contributed by atoms with Crippen molar-refractivity contribution in [1.29, 1.82) is 5.26 Å². The highest BCUT2D eigenvalue weighted by Gasteiger charge is 2.13. The number of benzene rings is 2. The zero-order valence-corrected chi connectivity index (χ0v) is 15.9. The minimum absolute atomic E-state index is 0.153. The molecule has 0 unspecified atom stereocenters. The molecule has 8 heteroatoms. The molecule has 3 rings (SSSR count). The molecule has 0 bridgehead atoms. The highest BCUT2D eigenvalue weighted by Crippen LogP contribution is 2.31. The molecule has 7 nitrogen and oxygen atoms in total. The van der Waals surface area contributed by atoms with Gasteiger partial charge in [-0.25, -0.2) is 9.97 Å². The van der Waals surface area contributed by atoms with Crippen molar-refractivity contribution in [3.8, 4) is 11.8 Å². The zero-order valence-electron chi connectivity index (χ0n) is 15.2. The van der Waals surface area contributed by atoms with Gasteiger partial charge in [-0.05, 0) is 42.8 Å². The number of anilines is 3. The zero-order chi connectivity index (χ0) is 20.1. The van der Waals surface area contributed by atoms with E-state index in [1.54, 1.807) is 36.4 Å². The third-order valence-corrected chi connectivity index (χ3v) is 4.31. The average molecular weight is 394 g/mol. The van der Waals surface area contributed by atoms with Gasteiger partial charge in [-0.3, -0.25) is 4.79 Å². The third-order valence-electron chi connectivity index (χ3n) is 3.90. The first-order valence-corrected chi connectivity index (χ1v) is 8.62. The number of aromatic nitrogens is 2. The highest BCUT2D eigenvalue weighted by atomic mass is 35.5. The lowest BCUT2D eigenvalue weighted by atomic mass is 10.2. The fourth-order valence-corrected chi connectivity index (χ4v) is 2.56. The molecule has 0 aliphatic rings. The van der Waals surface area contributed by atoms with E-state index in [1.165, 1.54) is 19.5 Å². The van der Waals surface area contributed by atoms with Gasteiger partial charge in [0.05, 0.1) is 36.8 Å². The predicted molar refractivity (Wildman–Crippen MR) is 107 cm³/mol. The molecule has 2 aromatic carbocycles. The monoisotopic (exact) mass is 393 g/mol. The normalized spacial score (nSPS) is 10.1. The maximum absolute atomic E-state index is 12.5. The first-order chi connectivity index (χ1) is 13.5. The molecule has 1 amide bonds. The van der Waals surface area contributed by atoms with Crippen LogP contribution in [0.1, 0.15) is 21.6 Å². The summed E-state index contributed by atoms with van der Waals surface area (Å²) >= 11 is 6.08. The lowest BCUT2D eigenvalue weighted by Gasteiger charge is -2.12. The summed E-state index contributed by atoms with van der Waals surface area (Å²) in [6.45, 7) is 1.83. The molecule has 140 valence electrons. The van der Waals surface area contributed by atoms with Gasteiger partial charge in [0, 0.05) is 16.8 Å². The van der Waals surface area contributed by atoms with Crippen LogP contribution >= 0.6 is 11.6 Å². The molecule has 2 N–H and O–H groups in total. The number of nitriles is 1. The van der Waals surface area contributed by atoms with Crippen LogP contribution in [0, 0.1) is 18.3 Å². The van der Waals surface area contributed by atoms with Crippen LogP contribution < -0.4 is 15.4 Å². The lowest BCUT2D eigenvalue weighted by molar-refractivity contribution is 0.102. The van der Waals surface area contributed by atoms with Crippen LogP contribution in [0.5, 0.6) is 5.75 Å². The van der Waals surface area contributed by atoms with Gasteiger partial charge in [-0.1, -0.05) is 11.6 Å². The van der Waals surface area contributed by atoms with Gasteiger partial charge in [-0.2, -0.15) is 5.26 Å². The highest BCUT2D eigenvalue weighted by molar-refractivity contribution is 6.31. The molecule has 28 heavy (non-hydrogen) atoms. The number of halogens is 1. The van der Waals surface area contributed by atoms with E-state index in [4.69, 9.17) is 21.6 Å². The number of methoxy groups -OCH3 is 1. The van der Waals surface area contributed by atoms with Crippen LogP contribution in [0.3, 0.4) is 0 Å². The van der Waals surface area contributed by atoms with Crippen molar-refractivity contribution in [3.05, 3.63) is 70.6 Å². The van der Waals surface area contributed by atoms with Crippen LogP contribution in [-0.4, -0.2) is 23.0 Å². The van der Waals surface area contributed by atoms with Crippen LogP contribution in [0.25, 0.3) is 0 Å². The largest absolute Gasteiger partial charge is 0.495 e. The van der Waals surface area contributed by atoms with Crippen LogP contribution in [0.15, 0.2) is 48.8 Å². The molecule has 0 fully saturated rings. The summed E-state index contributed by atoms with van der Waals surface area (Å²) in [6, 6.07) is 12.3. The average Bonchev–Trinajstić information content (AvgIpc) is 2.71. The van der Waals surface area contributed by atoms with Crippen LogP contribution in [0.4, 0.5) is 17.2 Å². The minimum atomic E-state index is -0.419. The second-order valence-electron chi connectivity index (χ2n) is 5.86. The van der Waals surface area contributed by atoms with Crippen LogP contribution in [0.2, 0.25) is 5.02 Å². The number of nitrogens with one attached hydrogen (secondary N) is 2. The summed E-state index contributed by atoms with van der Waals surface area (Å²) in [6.07, 6.45) is 2.83. The van der Waals surface area contributed by atoms with Crippen LogP contribution in [-0.2, 0) is 0 Å². The molecular formula is C20H16ClN5O2. The number of amides is 1. The summed E-state index contributed by atoms with van der Waals surface area (Å²) in [5, 5.41) is 15.2. The second kappa shape index (κ2) is 8.37. The molecule has 0 saturated carbocycles. The number of nitrogens with zero attached hydrogens (tertiary/aromatic N) is 3. The molecule has 1 heterocycles. The van der Waals surface area contributed by atoms with Crippen molar-refractivity contribution in [2.24, 2.45) is 0 Å². The Kier molecular flexibility index (Phi) is 5.72. The van der Waals surface area contributed by atoms with Gasteiger partial charge in [0.25, 0.3) is 5.91 Å². The Morgan fingerprint density at radius 2 is 1.93 bits per heavy atom. The van der Waals surface area contributed by atoms with E-state index in [0.717, 1.165) is 11.3 Å². The Morgan fingerprint density at radius 1 is 1.18 bits per heavy atom. The van der Waals surface area contributed by atoms with E-state index in [1.807, 2.05) is 6.92 Å². The van der Waals surface area contributed by atoms with E-state index < -0.39 is 5.91 Å². The Labute approximate surface area is 167 Å². The fourth-order valence-electron chi connectivity index (χ4n) is 2.40. The van der Waals surface area contributed by atoms with Gasteiger partial charge >= 0.3 is 0 Å². The second-order valence-corrected chi connectivity index (χ2v) is 6.26. The van der Waals surface area contributed by atoms with E-state index in [2.05, 4.69) is 26.7 Å². The van der Waals surface area contributed by atoms with Crippen molar-refractivity contribution in [1.82, 2.24) is 9.97 Å². The molecular weight excluding hydrogens is 378 g/mol. The van der Waals surface area contributed by atoms with Crippen molar-refractivity contribution >= 4 is 34.7 Å². The van der Waals surface area contributed by atoms with Gasteiger partial charge in [0.2, 0.25) is 0 Å². The summed E-state index contributed by atoms with van der Waals surface area (Å²) in [5.41, 5.74) is 2.78. The first-order valence-electron chi connectivity index (χ1n) is 8.25. The van der Waals surface area contributed by atoms with E-state index in [9.17, 15) is 4.79 Å². The summed E-state index contributed by atoms with van der Waals surface area (Å²) in [5.74, 6) is 0.509. The summed E-state index contributed by atoms with van der Waals surface area (Å²) in [7, 11) is 1.50. The fraction of sp³-hybridized carbons (Fsp3) is 0.100. The number of carbonyl (C=O) groups is 1. The quantitative estimate of drug-likeness (QED) is 0.669. The first kappa shape index (κ1) is 19.1. The molecule has 0 radical (unpaired) electrons. The number of aryl methyl sites for hydroxylation is 1. The van der Waals surface area contributed by atoms with Crippen molar-refractivity contribution in [3.63, 3.8) is 0 Å². The summed E-state index contributed by atoms with van der Waals surface area (Å²) < 4.78 is 5.25. The van der Waals surface area contributed by atoms with Gasteiger partial charge in [-0.15, -0.1) is 0 Å². The number of hydrogen-bond donors (Lipinski definition) is 2. The van der Waals surface area contributed by atoms with Crippen molar-refractivity contribution < 1.29 is 9.53 Å². The molecule has 0 aliphatic carbocycles. The van der Waals surface area contributed by atoms with E-state index >= 15 is 0 Å². The topological polar surface area (TPSA) is 99.9 Å². The number of hydrogen-bond acceptors (Lipinski definition) is 6. The lowest BCUT2D eigenvalue weighted by Crippen LogP contribution is -2.15. The number of carbonyl (C=O) groups excluding carboxylic acids is 1. The Bertz CT molecular complexity index is 1040. The Balaban J connectivity index is 1.71. The van der Waals surface area contributed by atoms with E-state index in [-0.39, 0.29) is 5.69 Å². The van der Waals surface area contributed by atoms with Crippen molar-refractivity contribution in [2.75, 3.05) is 17.7 Å². The van der Waals surface area contributed by atoms with Crippen molar-refractivity contribution in [2.45, 2.75) is 6.92 Å². The number of ether oxygens (including phenoxy) is 1. The molecule has 0 aliphatic heterocycles. The number of rotatable bonds is 5. The SMILES string of the molecule is COc1cc(Cl)c(C)cc1NC(=O)c1cnc(Nc2ccc(C#N)cc2)cn1.